The molecule has 0 aliphatic carbocycles. The van der Waals surface area contributed by atoms with E-state index >= 15 is 0 Å². The maximum atomic E-state index is 11.1. The molecule has 1 heterocycles. The molecule has 98 valence electrons. The number of nitrogens with zero attached hydrogens (tertiary/aromatic N) is 2. The molecular formula is C13H19N3O2. The van der Waals surface area contributed by atoms with Gasteiger partial charge in [-0.05, 0) is 32.4 Å². The Morgan fingerprint density at radius 1 is 1.44 bits per heavy atom. The molecule has 1 fully saturated rings. The monoisotopic (exact) mass is 249 g/mol. The first kappa shape index (κ1) is 12.8. The zero-order valence-electron chi connectivity index (χ0n) is 11.1. The number of aryl methyl sites for hydroxylation is 1. The highest BCUT2D eigenvalue weighted by Crippen LogP contribution is 2.30. The Bertz CT molecular complexity index is 471. The van der Waals surface area contributed by atoms with E-state index in [0.717, 1.165) is 30.9 Å². The van der Waals surface area contributed by atoms with Gasteiger partial charge in [-0.25, -0.2) is 0 Å². The Morgan fingerprint density at radius 2 is 2.17 bits per heavy atom. The van der Waals surface area contributed by atoms with Crippen molar-refractivity contribution in [1.82, 2.24) is 5.32 Å². The van der Waals surface area contributed by atoms with Gasteiger partial charge in [0, 0.05) is 31.2 Å². The van der Waals surface area contributed by atoms with Gasteiger partial charge in [0.1, 0.15) is 5.69 Å². The molecule has 1 aliphatic heterocycles. The molecule has 18 heavy (non-hydrogen) atoms. The van der Waals surface area contributed by atoms with Crippen molar-refractivity contribution in [2.24, 2.45) is 0 Å². The fraction of sp³-hybridized carbons (Fsp3) is 0.538. The van der Waals surface area contributed by atoms with Gasteiger partial charge in [0.15, 0.2) is 0 Å². The van der Waals surface area contributed by atoms with Crippen molar-refractivity contribution >= 4 is 11.4 Å². The third kappa shape index (κ3) is 2.61. The molecule has 5 nitrogen and oxygen atoms in total. The predicted octanol–water partition coefficient (Wildman–Crippen LogP) is 2.09. The van der Waals surface area contributed by atoms with Crippen LogP contribution in [0.15, 0.2) is 18.2 Å². The molecule has 0 atom stereocenters. The van der Waals surface area contributed by atoms with E-state index in [4.69, 9.17) is 0 Å². The van der Waals surface area contributed by atoms with Crippen LogP contribution in [0.4, 0.5) is 11.4 Å². The summed E-state index contributed by atoms with van der Waals surface area (Å²) in [4.78, 5) is 12.9. The molecule has 0 radical (unpaired) electrons. The topological polar surface area (TPSA) is 58.4 Å². The lowest BCUT2D eigenvalue weighted by Crippen LogP contribution is -2.57. The molecule has 1 aromatic carbocycles. The first-order chi connectivity index (χ1) is 8.39. The summed E-state index contributed by atoms with van der Waals surface area (Å²) in [6, 6.07) is 5.43. The van der Waals surface area contributed by atoms with Crippen molar-refractivity contribution in [3.63, 3.8) is 0 Å². The number of benzene rings is 1. The normalized spacial score (nSPS) is 18.7. The SMILES string of the molecule is Cc1ccc(N2CCNC(C)(C)C2)c([N+](=O)[O-])c1. The molecule has 1 aromatic rings. The molecule has 0 unspecified atom stereocenters. The minimum atomic E-state index is -0.294. The van der Waals surface area contributed by atoms with Crippen LogP contribution >= 0.6 is 0 Å². The highest BCUT2D eigenvalue weighted by molar-refractivity contribution is 5.64. The molecule has 5 heteroatoms. The van der Waals surface area contributed by atoms with Crippen molar-refractivity contribution in [3.8, 4) is 0 Å². The Labute approximate surface area is 107 Å². The van der Waals surface area contributed by atoms with Crippen LogP contribution in [0.5, 0.6) is 0 Å². The first-order valence-electron chi connectivity index (χ1n) is 6.14. The number of rotatable bonds is 2. The third-order valence-electron chi connectivity index (χ3n) is 3.24. The molecule has 0 amide bonds. The van der Waals surface area contributed by atoms with Crippen molar-refractivity contribution in [3.05, 3.63) is 33.9 Å². The third-order valence-corrected chi connectivity index (χ3v) is 3.24. The zero-order valence-corrected chi connectivity index (χ0v) is 11.1. The largest absolute Gasteiger partial charge is 0.363 e. The standard InChI is InChI=1S/C13H19N3O2/c1-10-4-5-11(12(8-10)16(17)18)15-7-6-14-13(2,3)9-15/h4-5,8,14H,6-7,9H2,1-3H3. The summed E-state index contributed by atoms with van der Waals surface area (Å²) in [7, 11) is 0. The second kappa shape index (κ2) is 4.57. The summed E-state index contributed by atoms with van der Waals surface area (Å²) in [6.07, 6.45) is 0. The van der Waals surface area contributed by atoms with Gasteiger partial charge in [0.05, 0.1) is 4.92 Å². The van der Waals surface area contributed by atoms with E-state index in [0.29, 0.717) is 0 Å². The van der Waals surface area contributed by atoms with E-state index < -0.39 is 0 Å². The average Bonchev–Trinajstić information content (AvgIpc) is 2.27. The van der Waals surface area contributed by atoms with E-state index in [1.54, 1.807) is 6.07 Å². The van der Waals surface area contributed by atoms with Crippen molar-refractivity contribution < 1.29 is 4.92 Å². The number of piperazine rings is 1. The van der Waals surface area contributed by atoms with Gasteiger partial charge >= 0.3 is 0 Å². The average molecular weight is 249 g/mol. The summed E-state index contributed by atoms with van der Waals surface area (Å²) in [6.45, 7) is 8.51. The summed E-state index contributed by atoms with van der Waals surface area (Å²) >= 11 is 0. The van der Waals surface area contributed by atoms with Gasteiger partial charge in [-0.15, -0.1) is 0 Å². The molecule has 1 saturated heterocycles. The van der Waals surface area contributed by atoms with Crippen molar-refractivity contribution in [2.75, 3.05) is 24.5 Å². The maximum absolute atomic E-state index is 11.1. The highest BCUT2D eigenvalue weighted by Gasteiger charge is 2.29. The minimum Gasteiger partial charge on any atom is -0.363 e. The maximum Gasteiger partial charge on any atom is 0.292 e. The van der Waals surface area contributed by atoms with Crippen LogP contribution in [0.1, 0.15) is 19.4 Å². The smallest absolute Gasteiger partial charge is 0.292 e. The number of hydrogen-bond donors (Lipinski definition) is 1. The van der Waals surface area contributed by atoms with Crippen LogP contribution in [-0.4, -0.2) is 30.1 Å². The Kier molecular flexibility index (Phi) is 3.26. The molecule has 1 N–H and O–H groups in total. The molecule has 0 spiro atoms. The number of nitrogens with one attached hydrogen (secondary N) is 1. The number of anilines is 1. The Morgan fingerprint density at radius 3 is 2.78 bits per heavy atom. The van der Waals surface area contributed by atoms with Crippen LogP contribution in [0.2, 0.25) is 0 Å². The lowest BCUT2D eigenvalue weighted by molar-refractivity contribution is -0.384. The van der Waals surface area contributed by atoms with E-state index in [2.05, 4.69) is 24.1 Å². The van der Waals surface area contributed by atoms with Crippen LogP contribution in [-0.2, 0) is 0 Å². The summed E-state index contributed by atoms with van der Waals surface area (Å²) in [5.41, 5.74) is 1.82. The number of nitro groups is 1. The lowest BCUT2D eigenvalue weighted by Gasteiger charge is -2.40. The van der Waals surface area contributed by atoms with E-state index in [1.807, 2.05) is 19.1 Å². The quantitative estimate of drug-likeness (QED) is 0.644. The first-order valence-corrected chi connectivity index (χ1v) is 6.14. The van der Waals surface area contributed by atoms with Crippen LogP contribution < -0.4 is 10.2 Å². The Balaban J connectivity index is 2.35. The number of hydrogen-bond acceptors (Lipinski definition) is 4. The zero-order chi connectivity index (χ0) is 13.3. The lowest BCUT2D eigenvalue weighted by atomic mass is 10.0. The van der Waals surface area contributed by atoms with Crippen molar-refractivity contribution in [2.45, 2.75) is 26.3 Å². The molecule has 1 aliphatic rings. The van der Waals surface area contributed by atoms with Crippen LogP contribution in [0.25, 0.3) is 0 Å². The molecule has 0 bridgehead atoms. The fourth-order valence-electron chi connectivity index (χ4n) is 2.39. The van der Waals surface area contributed by atoms with Crippen molar-refractivity contribution in [1.29, 1.82) is 0 Å². The van der Waals surface area contributed by atoms with Gasteiger partial charge in [-0.1, -0.05) is 6.07 Å². The summed E-state index contributed by atoms with van der Waals surface area (Å²) in [5, 5.41) is 14.5. The second-order valence-electron chi connectivity index (χ2n) is 5.48. The fourth-order valence-corrected chi connectivity index (χ4v) is 2.39. The number of nitro benzene ring substituents is 1. The van der Waals surface area contributed by atoms with Gasteiger partial charge in [-0.3, -0.25) is 10.1 Å². The van der Waals surface area contributed by atoms with E-state index in [1.165, 1.54) is 0 Å². The van der Waals surface area contributed by atoms with Crippen LogP contribution in [0, 0.1) is 17.0 Å². The molecule has 2 rings (SSSR count). The molecule has 0 saturated carbocycles. The van der Waals surface area contributed by atoms with E-state index in [9.17, 15) is 10.1 Å². The van der Waals surface area contributed by atoms with E-state index in [-0.39, 0.29) is 16.1 Å². The second-order valence-corrected chi connectivity index (χ2v) is 5.48. The van der Waals surface area contributed by atoms with Gasteiger partial charge < -0.3 is 10.2 Å². The van der Waals surface area contributed by atoms with Gasteiger partial charge in [0.25, 0.3) is 5.69 Å². The molecule has 0 aromatic heterocycles. The highest BCUT2D eigenvalue weighted by atomic mass is 16.6. The summed E-state index contributed by atoms with van der Waals surface area (Å²) in [5.74, 6) is 0. The predicted molar refractivity (Wildman–Crippen MR) is 72.1 cm³/mol. The van der Waals surface area contributed by atoms with Crippen LogP contribution in [0.3, 0.4) is 0 Å². The summed E-state index contributed by atoms with van der Waals surface area (Å²) < 4.78 is 0. The van der Waals surface area contributed by atoms with Gasteiger partial charge in [0.2, 0.25) is 0 Å². The Hall–Kier alpha value is -1.62. The minimum absolute atomic E-state index is 0.0169. The molecular weight excluding hydrogens is 230 g/mol. The van der Waals surface area contributed by atoms with Gasteiger partial charge in [-0.2, -0.15) is 0 Å².